The zero-order chi connectivity index (χ0) is 16.5. The lowest BCUT2D eigenvalue weighted by Gasteiger charge is -2.31. The van der Waals surface area contributed by atoms with Crippen molar-refractivity contribution in [2.45, 2.75) is 72.3 Å². The van der Waals surface area contributed by atoms with E-state index in [1.54, 1.807) is 0 Å². The van der Waals surface area contributed by atoms with Gasteiger partial charge in [-0.05, 0) is 24.3 Å². The minimum absolute atomic E-state index is 0.376. The predicted octanol–water partition coefficient (Wildman–Crippen LogP) is 4.04. The molecular weight excluding hydrogens is 274 g/mol. The van der Waals surface area contributed by atoms with Crippen molar-refractivity contribution in [2.24, 2.45) is 0 Å². The first-order chi connectivity index (χ1) is 10.6. The van der Waals surface area contributed by atoms with Crippen molar-refractivity contribution in [2.75, 3.05) is 19.6 Å². The topological polar surface area (TPSA) is 38.1 Å². The summed E-state index contributed by atoms with van der Waals surface area (Å²) < 4.78 is 2.14. The van der Waals surface area contributed by atoms with Gasteiger partial charge in [0.05, 0.1) is 12.2 Å². The van der Waals surface area contributed by atoms with E-state index in [4.69, 9.17) is 0 Å². The van der Waals surface area contributed by atoms with Gasteiger partial charge in [0, 0.05) is 38.7 Å². The fourth-order valence-electron chi connectivity index (χ4n) is 2.72. The van der Waals surface area contributed by atoms with Crippen LogP contribution in [0.4, 0.5) is 0 Å². The lowest BCUT2D eigenvalue weighted by molar-refractivity contribution is -0.119. The molecule has 1 aromatic rings. The number of carbonyl (C=O) groups excluding carboxylic acids is 1. The molecule has 0 aromatic carbocycles. The average molecular weight is 307 g/mol. The molecule has 1 aliphatic rings. The van der Waals surface area contributed by atoms with Crippen LogP contribution in [0.2, 0.25) is 0 Å². The normalized spacial score (nSPS) is 16.5. The van der Waals surface area contributed by atoms with E-state index in [0.717, 1.165) is 32.5 Å². The second kappa shape index (κ2) is 9.78. The molecule has 126 valence electrons. The molecule has 2 heterocycles. The Hall–Kier alpha value is -1.16. The molecule has 0 spiro atoms. The number of aromatic nitrogens is 2. The fourth-order valence-corrected chi connectivity index (χ4v) is 2.72. The van der Waals surface area contributed by atoms with Crippen LogP contribution in [-0.4, -0.2) is 40.1 Å². The standard InChI is InChI=1S/C16H27N3O.C2H6/c1-4-16(20)7-10-18-8-5-15(6-9-18)19-12-14(11-17-19)13(2)3;1-2/h11-13,15H,4-10H2,1-3H3;1-2H3. The summed E-state index contributed by atoms with van der Waals surface area (Å²) in [7, 11) is 0. The van der Waals surface area contributed by atoms with Crippen LogP contribution in [0.25, 0.3) is 0 Å². The zero-order valence-electron chi connectivity index (χ0n) is 15.0. The molecule has 0 amide bonds. The Kier molecular flexibility index (Phi) is 8.39. The molecular formula is C18H33N3O. The maximum absolute atomic E-state index is 11.4. The second-order valence-electron chi connectivity index (χ2n) is 6.12. The van der Waals surface area contributed by atoms with Gasteiger partial charge in [-0.25, -0.2) is 0 Å². The molecule has 1 saturated heterocycles. The Morgan fingerprint density at radius 1 is 1.32 bits per heavy atom. The van der Waals surface area contributed by atoms with Crippen molar-refractivity contribution in [3.63, 3.8) is 0 Å². The number of nitrogens with zero attached hydrogens (tertiary/aromatic N) is 3. The SMILES string of the molecule is CC.CCC(=O)CCN1CCC(n2cc(C(C)C)cn2)CC1. The molecule has 0 aliphatic carbocycles. The van der Waals surface area contributed by atoms with Gasteiger partial charge in [-0.2, -0.15) is 5.10 Å². The van der Waals surface area contributed by atoms with Crippen LogP contribution in [0, 0.1) is 0 Å². The number of likely N-dealkylation sites (tertiary alicyclic amines) is 1. The van der Waals surface area contributed by atoms with E-state index in [-0.39, 0.29) is 0 Å². The fraction of sp³-hybridized carbons (Fsp3) is 0.778. The van der Waals surface area contributed by atoms with E-state index >= 15 is 0 Å². The maximum Gasteiger partial charge on any atom is 0.133 e. The monoisotopic (exact) mass is 307 g/mol. The Bertz CT molecular complexity index is 431. The van der Waals surface area contributed by atoms with Crippen LogP contribution >= 0.6 is 0 Å². The van der Waals surface area contributed by atoms with E-state index in [0.29, 0.717) is 30.6 Å². The third kappa shape index (κ3) is 5.56. The smallest absolute Gasteiger partial charge is 0.133 e. The number of hydrogen-bond acceptors (Lipinski definition) is 3. The van der Waals surface area contributed by atoms with Crippen LogP contribution < -0.4 is 0 Å². The number of piperidine rings is 1. The summed E-state index contributed by atoms with van der Waals surface area (Å²) in [6.07, 6.45) is 7.85. The van der Waals surface area contributed by atoms with Crippen molar-refractivity contribution in [3.05, 3.63) is 18.0 Å². The minimum Gasteiger partial charge on any atom is -0.303 e. The summed E-state index contributed by atoms with van der Waals surface area (Å²) in [4.78, 5) is 13.8. The van der Waals surface area contributed by atoms with Crippen molar-refractivity contribution in [3.8, 4) is 0 Å². The zero-order valence-corrected chi connectivity index (χ0v) is 15.0. The van der Waals surface area contributed by atoms with Crippen molar-refractivity contribution in [1.29, 1.82) is 0 Å². The highest BCUT2D eigenvalue weighted by molar-refractivity contribution is 5.78. The van der Waals surface area contributed by atoms with Crippen LogP contribution in [0.15, 0.2) is 12.4 Å². The molecule has 1 aromatic heterocycles. The van der Waals surface area contributed by atoms with Gasteiger partial charge in [0.1, 0.15) is 5.78 Å². The predicted molar refractivity (Wildman–Crippen MR) is 92.3 cm³/mol. The Morgan fingerprint density at radius 3 is 2.45 bits per heavy atom. The highest BCUT2D eigenvalue weighted by atomic mass is 16.1. The molecule has 0 saturated carbocycles. The lowest BCUT2D eigenvalue weighted by atomic mass is 10.0. The lowest BCUT2D eigenvalue weighted by Crippen LogP contribution is -2.36. The van der Waals surface area contributed by atoms with Crippen LogP contribution in [0.1, 0.15) is 77.8 Å². The van der Waals surface area contributed by atoms with Crippen LogP contribution in [0.5, 0.6) is 0 Å². The van der Waals surface area contributed by atoms with Gasteiger partial charge in [0.25, 0.3) is 0 Å². The largest absolute Gasteiger partial charge is 0.303 e. The van der Waals surface area contributed by atoms with Crippen molar-refractivity contribution < 1.29 is 4.79 Å². The summed E-state index contributed by atoms with van der Waals surface area (Å²) in [5.41, 5.74) is 1.32. The molecule has 0 radical (unpaired) electrons. The van der Waals surface area contributed by atoms with E-state index < -0.39 is 0 Å². The number of hydrogen-bond donors (Lipinski definition) is 0. The molecule has 0 N–H and O–H groups in total. The molecule has 0 bridgehead atoms. The Balaban J connectivity index is 0.00000116. The summed E-state index contributed by atoms with van der Waals surface area (Å²) in [5.74, 6) is 0.921. The number of carbonyl (C=O) groups is 1. The summed E-state index contributed by atoms with van der Waals surface area (Å²) in [6, 6.07) is 0.528. The number of ketones is 1. The Morgan fingerprint density at radius 2 is 1.95 bits per heavy atom. The highest BCUT2D eigenvalue weighted by Crippen LogP contribution is 2.23. The minimum atomic E-state index is 0.376. The highest BCUT2D eigenvalue weighted by Gasteiger charge is 2.21. The van der Waals surface area contributed by atoms with E-state index in [2.05, 4.69) is 34.7 Å². The second-order valence-corrected chi connectivity index (χ2v) is 6.12. The molecule has 1 fully saturated rings. The first-order valence-corrected chi connectivity index (χ1v) is 8.88. The van der Waals surface area contributed by atoms with Crippen LogP contribution in [0.3, 0.4) is 0 Å². The van der Waals surface area contributed by atoms with Gasteiger partial charge in [0.2, 0.25) is 0 Å². The van der Waals surface area contributed by atoms with Crippen molar-refractivity contribution >= 4 is 5.78 Å². The molecule has 1 aliphatic heterocycles. The van der Waals surface area contributed by atoms with Gasteiger partial charge < -0.3 is 4.90 Å². The molecule has 4 heteroatoms. The van der Waals surface area contributed by atoms with Gasteiger partial charge in [0.15, 0.2) is 0 Å². The summed E-state index contributed by atoms with van der Waals surface area (Å²) in [5, 5.41) is 4.52. The molecule has 22 heavy (non-hydrogen) atoms. The summed E-state index contributed by atoms with van der Waals surface area (Å²) >= 11 is 0. The summed E-state index contributed by atoms with van der Waals surface area (Å²) in [6.45, 7) is 13.4. The third-order valence-electron chi connectivity index (χ3n) is 4.32. The van der Waals surface area contributed by atoms with E-state index in [1.807, 2.05) is 27.0 Å². The molecule has 0 unspecified atom stereocenters. The quantitative estimate of drug-likeness (QED) is 0.796. The first kappa shape index (κ1) is 18.9. The third-order valence-corrected chi connectivity index (χ3v) is 4.32. The average Bonchev–Trinajstić information content (AvgIpc) is 3.05. The molecule has 4 nitrogen and oxygen atoms in total. The number of rotatable bonds is 6. The van der Waals surface area contributed by atoms with Gasteiger partial charge >= 0.3 is 0 Å². The molecule has 0 atom stereocenters. The van der Waals surface area contributed by atoms with Gasteiger partial charge in [-0.1, -0.05) is 34.6 Å². The Labute approximate surface area is 135 Å². The van der Waals surface area contributed by atoms with E-state index in [9.17, 15) is 4.79 Å². The van der Waals surface area contributed by atoms with Crippen LogP contribution in [-0.2, 0) is 4.79 Å². The van der Waals surface area contributed by atoms with Crippen molar-refractivity contribution in [1.82, 2.24) is 14.7 Å². The first-order valence-electron chi connectivity index (χ1n) is 8.88. The molecule has 2 rings (SSSR count). The maximum atomic E-state index is 11.4. The van der Waals surface area contributed by atoms with E-state index in [1.165, 1.54) is 5.56 Å². The number of Topliss-reactive ketones (excluding diaryl/α,β-unsaturated/α-hetero) is 1. The van der Waals surface area contributed by atoms with Gasteiger partial charge in [-0.3, -0.25) is 9.48 Å². The van der Waals surface area contributed by atoms with Gasteiger partial charge in [-0.15, -0.1) is 0 Å².